The maximum Gasteiger partial charge on any atom is 0.00477 e. The summed E-state index contributed by atoms with van der Waals surface area (Å²) in [5.41, 5.74) is 0.576. The zero-order valence-electron chi connectivity index (χ0n) is 11.6. The van der Waals surface area contributed by atoms with E-state index in [4.69, 9.17) is 0 Å². The molecule has 0 aromatic heterocycles. The normalized spacial score (nSPS) is 34.4. The molecule has 2 heterocycles. The van der Waals surface area contributed by atoms with E-state index in [0.717, 1.165) is 5.92 Å². The van der Waals surface area contributed by atoms with Gasteiger partial charge in [0.2, 0.25) is 0 Å². The summed E-state index contributed by atoms with van der Waals surface area (Å²) in [6.45, 7) is 15.5. The van der Waals surface area contributed by atoms with Crippen molar-refractivity contribution >= 4 is 0 Å². The van der Waals surface area contributed by atoms with E-state index in [1.165, 1.54) is 32.6 Å². The number of piperidine rings is 1. The van der Waals surface area contributed by atoms with Crippen LogP contribution >= 0.6 is 0 Å². The van der Waals surface area contributed by atoms with Gasteiger partial charge in [-0.2, -0.15) is 0 Å². The van der Waals surface area contributed by atoms with Gasteiger partial charge in [0.05, 0.1) is 0 Å². The summed E-state index contributed by atoms with van der Waals surface area (Å²) < 4.78 is 0. The van der Waals surface area contributed by atoms with Crippen LogP contribution in [0.5, 0.6) is 0 Å². The second-order valence-electron chi connectivity index (χ2n) is 4.51. The molecule has 0 aliphatic carbocycles. The average molecular weight is 214 g/mol. The molecule has 0 amide bonds. The second kappa shape index (κ2) is 7.24. The smallest absolute Gasteiger partial charge is 0.00477 e. The van der Waals surface area contributed by atoms with Crippen LogP contribution in [0.3, 0.4) is 0 Å². The highest BCUT2D eigenvalue weighted by molar-refractivity contribution is 4.96. The molecule has 2 nitrogen and oxygen atoms in total. The van der Waals surface area contributed by atoms with E-state index in [1.54, 1.807) is 0 Å². The average Bonchev–Trinajstić information content (AvgIpc) is 2.58. The molecule has 1 unspecified atom stereocenters. The first-order valence-corrected chi connectivity index (χ1v) is 6.60. The predicted octanol–water partition coefficient (Wildman–Crippen LogP) is 2.60. The molecule has 1 N–H and O–H groups in total. The van der Waals surface area contributed by atoms with Gasteiger partial charge in [-0.05, 0) is 31.3 Å². The van der Waals surface area contributed by atoms with Crippen molar-refractivity contribution < 1.29 is 0 Å². The summed E-state index contributed by atoms with van der Waals surface area (Å²) >= 11 is 0. The van der Waals surface area contributed by atoms with Crippen molar-refractivity contribution in [3.63, 3.8) is 0 Å². The van der Waals surface area contributed by atoms with Crippen LogP contribution in [0.25, 0.3) is 0 Å². The van der Waals surface area contributed by atoms with Gasteiger partial charge < -0.3 is 10.2 Å². The molecule has 0 spiro atoms. The van der Waals surface area contributed by atoms with Crippen LogP contribution < -0.4 is 5.32 Å². The molecule has 2 rings (SSSR count). The summed E-state index contributed by atoms with van der Waals surface area (Å²) in [6.07, 6.45) is 1.38. The summed E-state index contributed by atoms with van der Waals surface area (Å²) in [5, 5.41) is 3.49. The minimum atomic E-state index is 0.576. The lowest BCUT2D eigenvalue weighted by molar-refractivity contribution is 0.191. The van der Waals surface area contributed by atoms with Gasteiger partial charge in [-0.1, -0.05) is 34.6 Å². The summed E-state index contributed by atoms with van der Waals surface area (Å²) in [5.74, 6) is 0.953. The van der Waals surface area contributed by atoms with E-state index in [2.05, 4.69) is 24.2 Å². The Labute approximate surface area is 96.4 Å². The quantitative estimate of drug-likeness (QED) is 0.667. The molecule has 92 valence electrons. The zero-order valence-corrected chi connectivity index (χ0v) is 11.6. The molecule has 0 radical (unpaired) electrons. The Balaban J connectivity index is 0.000000442. The molecule has 2 fully saturated rings. The molecule has 15 heavy (non-hydrogen) atoms. The van der Waals surface area contributed by atoms with Gasteiger partial charge in [-0.15, -0.1) is 0 Å². The Kier molecular flexibility index (Phi) is 7.20. The van der Waals surface area contributed by atoms with Gasteiger partial charge in [0.1, 0.15) is 0 Å². The van der Waals surface area contributed by atoms with Crippen molar-refractivity contribution in [3.05, 3.63) is 0 Å². The second-order valence-corrected chi connectivity index (χ2v) is 4.51. The monoisotopic (exact) mass is 214 g/mol. The Morgan fingerprint density at radius 2 is 1.80 bits per heavy atom. The predicted molar refractivity (Wildman–Crippen MR) is 69.3 cm³/mol. The van der Waals surface area contributed by atoms with Gasteiger partial charge in [-0.3, -0.25) is 0 Å². The fraction of sp³-hybridized carbons (Fsp3) is 1.00. The first kappa shape index (κ1) is 14.9. The van der Waals surface area contributed by atoms with Crippen molar-refractivity contribution in [1.82, 2.24) is 10.2 Å². The van der Waals surface area contributed by atoms with Gasteiger partial charge in [0.15, 0.2) is 0 Å². The molecule has 2 aliphatic rings. The van der Waals surface area contributed by atoms with Gasteiger partial charge in [0.25, 0.3) is 0 Å². The van der Waals surface area contributed by atoms with Gasteiger partial charge in [0, 0.05) is 19.6 Å². The lowest BCUT2D eigenvalue weighted by Gasteiger charge is -2.35. The third kappa shape index (κ3) is 3.76. The lowest BCUT2D eigenvalue weighted by Crippen LogP contribution is -2.44. The van der Waals surface area contributed by atoms with Crippen molar-refractivity contribution in [1.29, 1.82) is 0 Å². The first-order chi connectivity index (χ1) is 7.21. The summed E-state index contributed by atoms with van der Waals surface area (Å²) in [6, 6.07) is 0. The highest BCUT2D eigenvalue weighted by Gasteiger charge is 2.42. The maximum absolute atomic E-state index is 3.49. The number of rotatable bonds is 0. The van der Waals surface area contributed by atoms with E-state index < -0.39 is 0 Å². The first-order valence-electron chi connectivity index (χ1n) is 6.60. The standard InChI is InChI=1S/C9H18N2.2C2H6/c1-9-6-10-4-3-8(9)5-11(2)7-9;2*1-2/h8,10H,3-7H2,1-2H3;2*1-2H3/t8?,9-;;/m0../s1. The molecule has 0 saturated carbocycles. The van der Waals surface area contributed by atoms with Gasteiger partial charge in [-0.25, -0.2) is 0 Å². The number of hydrogen-bond acceptors (Lipinski definition) is 2. The maximum atomic E-state index is 3.49. The minimum absolute atomic E-state index is 0.576. The fourth-order valence-electron chi connectivity index (χ4n) is 2.70. The molecular formula is C13H30N2. The summed E-state index contributed by atoms with van der Waals surface area (Å²) in [4.78, 5) is 2.47. The lowest BCUT2D eigenvalue weighted by atomic mass is 9.76. The Morgan fingerprint density at radius 1 is 1.20 bits per heavy atom. The van der Waals surface area contributed by atoms with Crippen molar-refractivity contribution in [2.45, 2.75) is 41.0 Å². The molecule has 0 aromatic rings. The number of likely N-dealkylation sites (tertiary alicyclic amines) is 1. The van der Waals surface area contributed by atoms with Crippen molar-refractivity contribution in [2.24, 2.45) is 11.3 Å². The summed E-state index contributed by atoms with van der Waals surface area (Å²) in [7, 11) is 2.24. The highest BCUT2D eigenvalue weighted by atomic mass is 15.2. The Hall–Kier alpha value is -0.0800. The van der Waals surface area contributed by atoms with Crippen LogP contribution in [0.4, 0.5) is 0 Å². The van der Waals surface area contributed by atoms with E-state index in [9.17, 15) is 0 Å². The molecule has 2 heteroatoms. The third-order valence-electron chi connectivity index (χ3n) is 3.35. The third-order valence-corrected chi connectivity index (χ3v) is 3.35. The van der Waals surface area contributed by atoms with Crippen LogP contribution in [-0.2, 0) is 0 Å². The number of nitrogens with one attached hydrogen (secondary N) is 1. The molecular weight excluding hydrogens is 184 g/mol. The molecule has 2 saturated heterocycles. The van der Waals surface area contributed by atoms with Crippen LogP contribution in [0.1, 0.15) is 41.0 Å². The van der Waals surface area contributed by atoms with Crippen molar-refractivity contribution in [3.8, 4) is 0 Å². The highest BCUT2D eigenvalue weighted by Crippen LogP contribution is 2.38. The SMILES string of the molecule is CC.CC.CN1CC2CCNC[C@@]2(C)C1. The Morgan fingerprint density at radius 3 is 2.33 bits per heavy atom. The number of fused-ring (bicyclic) bond motifs is 1. The zero-order chi connectivity index (χ0) is 11.9. The van der Waals surface area contributed by atoms with Crippen LogP contribution in [-0.4, -0.2) is 38.1 Å². The Bertz CT molecular complexity index is 159. The van der Waals surface area contributed by atoms with E-state index in [1.807, 2.05) is 27.7 Å². The molecule has 0 bridgehead atoms. The van der Waals surface area contributed by atoms with E-state index in [-0.39, 0.29) is 0 Å². The van der Waals surface area contributed by atoms with E-state index >= 15 is 0 Å². The fourth-order valence-corrected chi connectivity index (χ4v) is 2.70. The van der Waals surface area contributed by atoms with Crippen LogP contribution in [0.2, 0.25) is 0 Å². The largest absolute Gasteiger partial charge is 0.316 e. The molecule has 2 aliphatic heterocycles. The minimum Gasteiger partial charge on any atom is -0.316 e. The van der Waals surface area contributed by atoms with Crippen molar-refractivity contribution in [2.75, 3.05) is 33.2 Å². The van der Waals surface area contributed by atoms with Crippen LogP contribution in [0.15, 0.2) is 0 Å². The number of hydrogen-bond donors (Lipinski definition) is 1. The van der Waals surface area contributed by atoms with E-state index in [0.29, 0.717) is 5.41 Å². The van der Waals surface area contributed by atoms with Crippen LogP contribution in [0, 0.1) is 11.3 Å². The topological polar surface area (TPSA) is 15.3 Å². The van der Waals surface area contributed by atoms with Gasteiger partial charge >= 0.3 is 0 Å². The number of nitrogens with zero attached hydrogens (tertiary/aromatic N) is 1. The molecule has 2 atom stereocenters. The molecule has 0 aromatic carbocycles.